The molecular formula is C18H19FIN3O3. The number of aromatic nitrogens is 1. The van der Waals surface area contributed by atoms with Crippen LogP contribution in [0.5, 0.6) is 0 Å². The van der Waals surface area contributed by atoms with E-state index in [1.165, 1.54) is 24.5 Å². The lowest BCUT2D eigenvalue weighted by Gasteiger charge is -2.32. The molecule has 2 aromatic rings. The Bertz CT molecular complexity index is 805. The molecule has 1 heterocycles. The third kappa shape index (κ3) is 4.30. The van der Waals surface area contributed by atoms with Gasteiger partial charge in [-0.25, -0.2) is 9.18 Å². The van der Waals surface area contributed by atoms with E-state index in [1.54, 1.807) is 12.1 Å². The van der Waals surface area contributed by atoms with Crippen molar-refractivity contribution in [3.8, 4) is 0 Å². The Balaban J connectivity index is 1.79. The molecule has 26 heavy (non-hydrogen) atoms. The average molecular weight is 471 g/mol. The van der Waals surface area contributed by atoms with Crippen molar-refractivity contribution in [3.05, 3.63) is 51.6 Å². The zero-order valence-electron chi connectivity index (χ0n) is 13.9. The van der Waals surface area contributed by atoms with Gasteiger partial charge >= 0.3 is 5.97 Å². The van der Waals surface area contributed by atoms with Gasteiger partial charge in [0.25, 0.3) is 0 Å². The Morgan fingerprint density at radius 2 is 2.15 bits per heavy atom. The highest BCUT2D eigenvalue weighted by Gasteiger charge is 2.32. The Kier molecular flexibility index (Phi) is 6.05. The molecule has 1 aliphatic rings. The number of carbonyl (C=O) groups is 1. The fraction of sp³-hybridized carbons (Fsp3) is 0.333. The Morgan fingerprint density at radius 3 is 2.92 bits per heavy atom. The van der Waals surface area contributed by atoms with Gasteiger partial charge in [0.05, 0.1) is 23.1 Å². The largest absolute Gasteiger partial charge is 0.456 e. The number of aliphatic hydroxyl groups excluding tert-OH is 1. The van der Waals surface area contributed by atoms with Crippen LogP contribution in [-0.2, 0) is 4.74 Å². The standard InChI is InChI=1S/C18H19FIN3O3/c19-12-8-10(20)4-5-14(12)23-15-9-22-7-6-11(15)18(25)26-16-3-1-2-13(21)17(16)24/h4-9,13,16-17,23-24H,1-3,21H2/t13-,16-,17+/m0/s1. The number of rotatable bonds is 4. The maximum atomic E-state index is 14.1. The van der Waals surface area contributed by atoms with Crippen molar-refractivity contribution in [1.82, 2.24) is 4.98 Å². The van der Waals surface area contributed by atoms with E-state index in [2.05, 4.69) is 10.3 Å². The predicted molar refractivity (Wildman–Crippen MR) is 104 cm³/mol. The van der Waals surface area contributed by atoms with Crippen LogP contribution in [-0.4, -0.2) is 34.3 Å². The first-order valence-electron chi connectivity index (χ1n) is 8.26. The van der Waals surface area contributed by atoms with Crippen LogP contribution in [0.3, 0.4) is 0 Å². The number of ether oxygens (including phenoxy) is 1. The predicted octanol–water partition coefficient (Wildman–Crippen LogP) is 2.97. The van der Waals surface area contributed by atoms with Gasteiger partial charge in [-0.2, -0.15) is 0 Å². The molecule has 138 valence electrons. The number of anilines is 2. The van der Waals surface area contributed by atoms with Crippen molar-refractivity contribution in [1.29, 1.82) is 0 Å². The first kappa shape index (κ1) is 19.0. The molecule has 8 heteroatoms. The minimum atomic E-state index is -0.889. The lowest BCUT2D eigenvalue weighted by Crippen LogP contribution is -2.48. The van der Waals surface area contributed by atoms with E-state index >= 15 is 0 Å². The molecule has 0 spiro atoms. The van der Waals surface area contributed by atoms with Gasteiger partial charge in [-0.05, 0) is 66.1 Å². The molecule has 0 unspecified atom stereocenters. The first-order valence-corrected chi connectivity index (χ1v) is 9.34. The number of nitrogens with one attached hydrogen (secondary N) is 1. The van der Waals surface area contributed by atoms with Crippen LogP contribution < -0.4 is 11.1 Å². The maximum Gasteiger partial charge on any atom is 0.340 e. The molecule has 6 nitrogen and oxygen atoms in total. The van der Waals surface area contributed by atoms with Crippen LogP contribution in [0.4, 0.5) is 15.8 Å². The van der Waals surface area contributed by atoms with E-state index in [9.17, 15) is 14.3 Å². The molecule has 0 amide bonds. The van der Waals surface area contributed by atoms with Gasteiger partial charge in [-0.15, -0.1) is 0 Å². The minimum Gasteiger partial charge on any atom is -0.456 e. The van der Waals surface area contributed by atoms with Crippen LogP contribution in [0, 0.1) is 9.39 Å². The summed E-state index contributed by atoms with van der Waals surface area (Å²) in [7, 11) is 0. The molecule has 1 aromatic carbocycles. The van der Waals surface area contributed by atoms with Gasteiger partial charge in [0.1, 0.15) is 18.0 Å². The summed E-state index contributed by atoms with van der Waals surface area (Å²) in [4.78, 5) is 16.6. The number of hydrogen-bond acceptors (Lipinski definition) is 6. The molecule has 0 aliphatic heterocycles. The van der Waals surface area contributed by atoms with E-state index < -0.39 is 30.0 Å². The normalized spacial score (nSPS) is 22.7. The summed E-state index contributed by atoms with van der Waals surface area (Å²) < 4.78 is 20.3. The quantitative estimate of drug-likeness (QED) is 0.469. The Morgan fingerprint density at radius 1 is 1.35 bits per heavy atom. The number of halogens is 2. The van der Waals surface area contributed by atoms with Crippen molar-refractivity contribution < 1.29 is 19.0 Å². The summed E-state index contributed by atoms with van der Waals surface area (Å²) in [6, 6.07) is 5.81. The van der Waals surface area contributed by atoms with E-state index in [1.807, 2.05) is 22.6 Å². The van der Waals surface area contributed by atoms with Crippen LogP contribution in [0.1, 0.15) is 29.6 Å². The molecule has 1 aliphatic carbocycles. The molecule has 1 aromatic heterocycles. The molecule has 1 fully saturated rings. The monoisotopic (exact) mass is 471 g/mol. The molecule has 0 saturated heterocycles. The van der Waals surface area contributed by atoms with Crippen LogP contribution in [0.15, 0.2) is 36.7 Å². The van der Waals surface area contributed by atoms with Gasteiger partial charge < -0.3 is 20.9 Å². The SMILES string of the molecule is N[C@H]1CCC[C@H](OC(=O)c2ccncc2Nc2ccc(I)cc2F)[C@@H]1O. The van der Waals surface area contributed by atoms with Crippen LogP contribution in [0.25, 0.3) is 0 Å². The summed E-state index contributed by atoms with van der Waals surface area (Å²) in [5, 5.41) is 13.0. The lowest BCUT2D eigenvalue weighted by molar-refractivity contribution is -0.0437. The van der Waals surface area contributed by atoms with E-state index in [-0.39, 0.29) is 11.3 Å². The van der Waals surface area contributed by atoms with Crippen molar-refractivity contribution in [3.63, 3.8) is 0 Å². The van der Waals surface area contributed by atoms with Gasteiger partial charge in [0, 0.05) is 15.8 Å². The van der Waals surface area contributed by atoms with Gasteiger partial charge in [-0.3, -0.25) is 4.98 Å². The molecule has 0 bridgehead atoms. The minimum absolute atomic E-state index is 0.212. The molecule has 3 rings (SSSR count). The number of nitrogens with two attached hydrogens (primary N) is 1. The fourth-order valence-corrected chi connectivity index (χ4v) is 3.36. The molecular weight excluding hydrogens is 452 g/mol. The third-order valence-corrected chi connectivity index (χ3v) is 5.02. The maximum absolute atomic E-state index is 14.1. The number of benzene rings is 1. The summed E-state index contributed by atoms with van der Waals surface area (Å²) in [6.07, 6.45) is 3.38. The zero-order chi connectivity index (χ0) is 18.7. The molecule has 3 atom stereocenters. The molecule has 4 N–H and O–H groups in total. The second kappa shape index (κ2) is 8.28. The van der Waals surface area contributed by atoms with Crippen LogP contribution in [0.2, 0.25) is 0 Å². The van der Waals surface area contributed by atoms with Crippen LogP contribution >= 0.6 is 22.6 Å². The summed E-state index contributed by atoms with van der Waals surface area (Å²) in [5.74, 6) is -1.05. The zero-order valence-corrected chi connectivity index (χ0v) is 16.0. The third-order valence-electron chi connectivity index (χ3n) is 4.35. The van der Waals surface area contributed by atoms with E-state index in [0.29, 0.717) is 18.5 Å². The second-order valence-electron chi connectivity index (χ2n) is 6.20. The Labute approximate surface area is 164 Å². The van der Waals surface area contributed by atoms with Gasteiger partial charge in [-0.1, -0.05) is 0 Å². The number of hydrogen-bond donors (Lipinski definition) is 3. The molecule has 1 saturated carbocycles. The number of pyridine rings is 1. The topological polar surface area (TPSA) is 97.5 Å². The van der Waals surface area contributed by atoms with Crippen molar-refractivity contribution in [2.45, 2.75) is 37.5 Å². The Hall–Kier alpha value is -1.78. The fourth-order valence-electron chi connectivity index (χ4n) is 2.91. The number of aliphatic hydroxyl groups is 1. The number of esters is 1. The number of carbonyl (C=O) groups excluding carboxylic acids is 1. The van der Waals surface area contributed by atoms with Crippen molar-refractivity contribution in [2.75, 3.05) is 5.32 Å². The lowest BCUT2D eigenvalue weighted by atomic mass is 9.90. The van der Waals surface area contributed by atoms with Crippen molar-refractivity contribution in [2.24, 2.45) is 5.73 Å². The average Bonchev–Trinajstić information content (AvgIpc) is 2.62. The summed E-state index contributed by atoms with van der Waals surface area (Å²) in [6.45, 7) is 0. The highest BCUT2D eigenvalue weighted by atomic mass is 127. The summed E-state index contributed by atoms with van der Waals surface area (Å²) in [5.41, 5.74) is 6.61. The van der Waals surface area contributed by atoms with Crippen molar-refractivity contribution >= 4 is 39.9 Å². The smallest absolute Gasteiger partial charge is 0.340 e. The van der Waals surface area contributed by atoms with Gasteiger partial charge in [0.2, 0.25) is 0 Å². The summed E-state index contributed by atoms with van der Waals surface area (Å²) >= 11 is 2.02. The van der Waals surface area contributed by atoms with Gasteiger partial charge in [0.15, 0.2) is 0 Å². The first-order chi connectivity index (χ1) is 12.5. The highest BCUT2D eigenvalue weighted by Crippen LogP contribution is 2.26. The van der Waals surface area contributed by atoms with E-state index in [4.69, 9.17) is 10.5 Å². The number of nitrogens with zero attached hydrogens (tertiary/aromatic N) is 1. The second-order valence-corrected chi connectivity index (χ2v) is 7.45. The molecule has 0 radical (unpaired) electrons. The highest BCUT2D eigenvalue weighted by molar-refractivity contribution is 14.1. The van der Waals surface area contributed by atoms with E-state index in [0.717, 1.165) is 9.99 Å².